The molecule has 3 heterocycles. The van der Waals surface area contributed by atoms with Crippen molar-refractivity contribution in [2.45, 2.75) is 25.7 Å². The average Bonchev–Trinajstić information content (AvgIpc) is 3.00. The van der Waals surface area contributed by atoms with Crippen molar-refractivity contribution in [2.24, 2.45) is 0 Å². The zero-order valence-corrected chi connectivity index (χ0v) is 14.0. The quantitative estimate of drug-likeness (QED) is 0.747. The van der Waals surface area contributed by atoms with E-state index in [0.29, 0.717) is 12.1 Å². The summed E-state index contributed by atoms with van der Waals surface area (Å²) in [5, 5.41) is 0. The van der Waals surface area contributed by atoms with E-state index in [1.807, 2.05) is 36.1 Å². The molecule has 1 saturated heterocycles. The molecule has 2 aromatic heterocycles. The van der Waals surface area contributed by atoms with Crippen LogP contribution in [-0.4, -0.2) is 43.8 Å². The number of aromatic amines is 2. The summed E-state index contributed by atoms with van der Waals surface area (Å²) in [5.41, 5.74) is 2.88. The van der Waals surface area contributed by atoms with E-state index in [0.717, 1.165) is 41.9 Å². The molecule has 25 heavy (non-hydrogen) atoms. The number of carbonyl (C=O) groups is 1. The Kier molecular flexibility index (Phi) is 3.83. The number of nitrogens with zero attached hydrogens (tertiary/aromatic N) is 3. The van der Waals surface area contributed by atoms with Crippen molar-refractivity contribution in [3.8, 4) is 0 Å². The van der Waals surface area contributed by atoms with Crippen molar-refractivity contribution in [2.75, 3.05) is 13.1 Å². The fourth-order valence-corrected chi connectivity index (χ4v) is 3.49. The molecule has 0 saturated carbocycles. The van der Waals surface area contributed by atoms with Crippen molar-refractivity contribution in [1.29, 1.82) is 0 Å². The molecule has 0 bridgehead atoms. The Morgan fingerprint density at radius 2 is 2.16 bits per heavy atom. The number of amides is 1. The normalized spacial score (nSPS) is 17.8. The van der Waals surface area contributed by atoms with Gasteiger partial charge in [-0.15, -0.1) is 0 Å². The molecule has 1 aromatic carbocycles. The Bertz CT molecular complexity index is 990. The zero-order chi connectivity index (χ0) is 17.4. The summed E-state index contributed by atoms with van der Waals surface area (Å²) < 4.78 is 0. The van der Waals surface area contributed by atoms with E-state index in [-0.39, 0.29) is 17.5 Å². The van der Waals surface area contributed by atoms with Crippen molar-refractivity contribution >= 4 is 16.9 Å². The monoisotopic (exact) mass is 337 g/mol. The molecule has 2 N–H and O–H groups in total. The minimum absolute atomic E-state index is 0.00950. The van der Waals surface area contributed by atoms with Crippen LogP contribution in [0.2, 0.25) is 0 Å². The lowest BCUT2D eigenvalue weighted by Gasteiger charge is -2.32. The highest BCUT2D eigenvalue weighted by Gasteiger charge is 2.26. The second-order valence-electron chi connectivity index (χ2n) is 6.47. The summed E-state index contributed by atoms with van der Waals surface area (Å²) in [6, 6.07) is 7.37. The van der Waals surface area contributed by atoms with Gasteiger partial charge in [0.1, 0.15) is 5.82 Å². The molecule has 1 aliphatic rings. The van der Waals surface area contributed by atoms with Crippen molar-refractivity contribution in [1.82, 2.24) is 24.8 Å². The molecule has 1 fully saturated rings. The van der Waals surface area contributed by atoms with E-state index in [1.54, 1.807) is 0 Å². The van der Waals surface area contributed by atoms with Crippen LogP contribution in [0.5, 0.6) is 0 Å². The third-order valence-electron chi connectivity index (χ3n) is 4.69. The van der Waals surface area contributed by atoms with Gasteiger partial charge in [-0.3, -0.25) is 4.79 Å². The maximum absolute atomic E-state index is 12.9. The second-order valence-corrected chi connectivity index (χ2v) is 6.47. The average molecular weight is 337 g/mol. The van der Waals surface area contributed by atoms with Crippen LogP contribution in [-0.2, 0) is 0 Å². The minimum atomic E-state index is -0.346. The number of aryl methyl sites for hydroxylation is 1. The first-order valence-corrected chi connectivity index (χ1v) is 8.41. The molecule has 0 unspecified atom stereocenters. The summed E-state index contributed by atoms with van der Waals surface area (Å²) in [6.45, 7) is 3.22. The second kappa shape index (κ2) is 6.16. The van der Waals surface area contributed by atoms with E-state index in [2.05, 4.69) is 19.9 Å². The Morgan fingerprint density at radius 1 is 1.28 bits per heavy atom. The first-order chi connectivity index (χ1) is 12.1. The largest absolute Gasteiger partial charge is 0.345 e. The van der Waals surface area contributed by atoms with Crippen LogP contribution in [0.15, 0.2) is 35.3 Å². The number of nitrogens with one attached hydrogen (secondary N) is 2. The Morgan fingerprint density at radius 3 is 3.00 bits per heavy atom. The van der Waals surface area contributed by atoms with Gasteiger partial charge in [-0.25, -0.2) is 14.8 Å². The van der Waals surface area contributed by atoms with Crippen LogP contribution in [0, 0.1) is 6.92 Å². The number of rotatable bonds is 2. The molecule has 1 atom stereocenters. The zero-order valence-electron chi connectivity index (χ0n) is 14.0. The number of aromatic nitrogens is 4. The van der Waals surface area contributed by atoms with E-state index in [9.17, 15) is 9.59 Å². The van der Waals surface area contributed by atoms with Crippen LogP contribution in [0.4, 0.5) is 0 Å². The molecular formula is C18H19N5O2. The number of likely N-dealkylation sites (tertiary alicyclic amines) is 1. The molecule has 3 aromatic rings. The Hall–Kier alpha value is -2.96. The van der Waals surface area contributed by atoms with Crippen LogP contribution < -0.4 is 5.69 Å². The van der Waals surface area contributed by atoms with Crippen molar-refractivity contribution in [3.63, 3.8) is 0 Å². The van der Waals surface area contributed by atoms with Crippen molar-refractivity contribution in [3.05, 3.63) is 58.0 Å². The smallest absolute Gasteiger partial charge is 0.342 e. The van der Waals surface area contributed by atoms with Gasteiger partial charge in [-0.2, -0.15) is 0 Å². The number of imidazole rings is 1. The molecule has 1 amide bonds. The molecule has 128 valence electrons. The van der Waals surface area contributed by atoms with E-state index in [1.165, 1.54) is 6.20 Å². The molecule has 7 heteroatoms. The van der Waals surface area contributed by atoms with Crippen LogP contribution in [0.25, 0.3) is 11.0 Å². The lowest BCUT2D eigenvalue weighted by Crippen LogP contribution is -2.39. The molecule has 0 spiro atoms. The maximum atomic E-state index is 12.9. The lowest BCUT2D eigenvalue weighted by atomic mass is 9.94. The predicted octanol–water partition coefficient (Wildman–Crippen LogP) is 1.97. The number of carbonyl (C=O) groups excluding carboxylic acids is 1. The van der Waals surface area contributed by atoms with Gasteiger partial charge >= 0.3 is 5.69 Å². The number of hydrogen-bond acceptors (Lipinski definition) is 4. The summed E-state index contributed by atoms with van der Waals surface area (Å²) in [6.07, 6.45) is 3.37. The highest BCUT2D eigenvalue weighted by Crippen LogP contribution is 2.26. The molecule has 1 aliphatic heterocycles. The standard InChI is InChI=1S/C18H19N5O2/c1-11-20-15-5-4-12(9-16(15)21-11)17(24)23-8-2-3-13(10-23)14-6-7-19-18(25)22-14/h4-7,9,13H,2-3,8,10H2,1H3,(H,20,21)(H,19,22,25)/t13-/m0/s1. The van der Waals surface area contributed by atoms with Crippen molar-refractivity contribution < 1.29 is 4.79 Å². The third kappa shape index (κ3) is 3.05. The van der Waals surface area contributed by atoms with Crippen LogP contribution >= 0.6 is 0 Å². The van der Waals surface area contributed by atoms with Crippen LogP contribution in [0.1, 0.15) is 40.6 Å². The first kappa shape index (κ1) is 15.6. The van der Waals surface area contributed by atoms with Gasteiger partial charge in [0.2, 0.25) is 0 Å². The summed E-state index contributed by atoms with van der Waals surface area (Å²) in [4.78, 5) is 40.2. The van der Waals surface area contributed by atoms with Gasteiger partial charge in [0.25, 0.3) is 5.91 Å². The highest BCUT2D eigenvalue weighted by molar-refractivity contribution is 5.97. The predicted molar refractivity (Wildman–Crippen MR) is 93.6 cm³/mol. The fraction of sp³-hybridized carbons (Fsp3) is 0.333. The van der Waals surface area contributed by atoms with Gasteiger partial charge < -0.3 is 14.9 Å². The van der Waals surface area contributed by atoms with Gasteiger partial charge in [0, 0.05) is 36.5 Å². The SMILES string of the molecule is Cc1nc2ccc(C(=O)N3CCC[C@H](c4ccnc(=O)[nH]4)C3)cc2[nH]1. The van der Waals surface area contributed by atoms with E-state index in [4.69, 9.17) is 0 Å². The molecule has 4 rings (SSSR count). The van der Waals surface area contributed by atoms with Crippen LogP contribution in [0.3, 0.4) is 0 Å². The summed E-state index contributed by atoms with van der Waals surface area (Å²) in [7, 11) is 0. The minimum Gasteiger partial charge on any atom is -0.342 e. The Balaban J connectivity index is 1.57. The summed E-state index contributed by atoms with van der Waals surface area (Å²) >= 11 is 0. The number of hydrogen-bond donors (Lipinski definition) is 2. The molecule has 7 nitrogen and oxygen atoms in total. The third-order valence-corrected chi connectivity index (χ3v) is 4.69. The molecule has 0 radical (unpaired) electrons. The number of benzene rings is 1. The topological polar surface area (TPSA) is 94.7 Å². The number of piperidine rings is 1. The summed E-state index contributed by atoms with van der Waals surface area (Å²) in [5.74, 6) is 0.973. The van der Waals surface area contributed by atoms with E-state index >= 15 is 0 Å². The molecule has 0 aliphatic carbocycles. The lowest BCUT2D eigenvalue weighted by molar-refractivity contribution is 0.0706. The molecular weight excluding hydrogens is 318 g/mol. The maximum Gasteiger partial charge on any atom is 0.345 e. The van der Waals surface area contributed by atoms with Gasteiger partial charge in [-0.1, -0.05) is 0 Å². The van der Waals surface area contributed by atoms with Gasteiger partial charge in [-0.05, 0) is 44.0 Å². The first-order valence-electron chi connectivity index (χ1n) is 8.41. The van der Waals surface area contributed by atoms with Gasteiger partial charge in [0.15, 0.2) is 0 Å². The Labute approximate surface area is 144 Å². The van der Waals surface area contributed by atoms with E-state index < -0.39 is 0 Å². The number of H-pyrrole nitrogens is 2. The fourth-order valence-electron chi connectivity index (χ4n) is 3.49. The highest BCUT2D eigenvalue weighted by atomic mass is 16.2. The van der Waals surface area contributed by atoms with Gasteiger partial charge in [0.05, 0.1) is 11.0 Å². The number of fused-ring (bicyclic) bond motifs is 1.